The van der Waals surface area contributed by atoms with E-state index in [0.717, 1.165) is 17.4 Å². The van der Waals surface area contributed by atoms with Crippen LogP contribution in [0.2, 0.25) is 5.02 Å². The molecule has 2 heterocycles. The molecule has 0 aliphatic carbocycles. The van der Waals surface area contributed by atoms with Gasteiger partial charge < -0.3 is 19.3 Å². The van der Waals surface area contributed by atoms with Gasteiger partial charge in [-0.25, -0.2) is 4.98 Å². The Morgan fingerprint density at radius 1 is 1.07 bits per heavy atom. The third-order valence-corrected chi connectivity index (χ3v) is 5.28. The van der Waals surface area contributed by atoms with Gasteiger partial charge >= 0.3 is 0 Å². The lowest BCUT2D eigenvalue weighted by atomic mass is 10.3. The van der Waals surface area contributed by atoms with Gasteiger partial charge in [0.05, 0.1) is 7.11 Å². The molecule has 0 saturated carbocycles. The maximum Gasteiger partial charge on any atom is 0.260 e. The topological polar surface area (TPSA) is 59.8 Å². The summed E-state index contributed by atoms with van der Waals surface area (Å²) in [4.78, 5) is 21.1. The average molecular weight is 427 g/mol. The zero-order chi connectivity index (χ0) is 20.9. The van der Waals surface area contributed by atoms with E-state index in [4.69, 9.17) is 21.1 Å². The van der Waals surface area contributed by atoms with E-state index < -0.39 is 0 Å². The number of imidazole rings is 1. The number of amides is 1. The number of hydrogen-bond donors (Lipinski definition) is 0. The van der Waals surface area contributed by atoms with Crippen molar-refractivity contribution in [3.8, 4) is 17.2 Å². The van der Waals surface area contributed by atoms with Crippen LogP contribution in [0.1, 0.15) is 0 Å². The van der Waals surface area contributed by atoms with Crippen molar-refractivity contribution in [3.63, 3.8) is 0 Å². The van der Waals surface area contributed by atoms with Gasteiger partial charge in [0.2, 0.25) is 5.95 Å². The zero-order valence-corrected chi connectivity index (χ0v) is 17.5. The number of rotatable bonds is 6. The Bertz CT molecular complexity index is 998. The van der Waals surface area contributed by atoms with E-state index in [1.807, 2.05) is 39.9 Å². The lowest BCUT2D eigenvalue weighted by Gasteiger charge is -2.35. The number of halogens is 1. The van der Waals surface area contributed by atoms with Gasteiger partial charge in [-0.3, -0.25) is 9.36 Å². The predicted octanol–water partition coefficient (Wildman–Crippen LogP) is 3.26. The fourth-order valence-corrected chi connectivity index (χ4v) is 3.61. The minimum absolute atomic E-state index is 0.0173. The minimum atomic E-state index is -0.0244. The van der Waals surface area contributed by atoms with Gasteiger partial charge in [0, 0.05) is 49.3 Å². The molecule has 8 heteroatoms. The fourth-order valence-electron chi connectivity index (χ4n) is 3.42. The van der Waals surface area contributed by atoms with Crippen LogP contribution in [0.25, 0.3) is 5.69 Å². The van der Waals surface area contributed by atoms with Crippen molar-refractivity contribution in [3.05, 3.63) is 65.9 Å². The first-order valence-corrected chi connectivity index (χ1v) is 10.1. The maximum absolute atomic E-state index is 12.5. The highest BCUT2D eigenvalue weighted by atomic mass is 35.5. The molecule has 3 aromatic rings. The van der Waals surface area contributed by atoms with Crippen molar-refractivity contribution >= 4 is 23.5 Å². The van der Waals surface area contributed by atoms with E-state index in [9.17, 15) is 4.79 Å². The summed E-state index contributed by atoms with van der Waals surface area (Å²) >= 11 is 6.13. The number of anilines is 1. The molecule has 0 radical (unpaired) electrons. The molecule has 156 valence electrons. The van der Waals surface area contributed by atoms with E-state index in [2.05, 4.69) is 9.88 Å². The summed E-state index contributed by atoms with van der Waals surface area (Å²) in [7, 11) is 1.61. The van der Waals surface area contributed by atoms with Crippen molar-refractivity contribution in [1.82, 2.24) is 14.5 Å². The first kappa shape index (κ1) is 20.1. The van der Waals surface area contributed by atoms with Gasteiger partial charge in [-0.1, -0.05) is 17.7 Å². The second-order valence-electron chi connectivity index (χ2n) is 6.91. The van der Waals surface area contributed by atoms with E-state index in [-0.39, 0.29) is 12.5 Å². The van der Waals surface area contributed by atoms with Crippen LogP contribution in [0.3, 0.4) is 0 Å². The number of piperazine rings is 1. The fraction of sp³-hybridized carbons (Fsp3) is 0.273. The summed E-state index contributed by atoms with van der Waals surface area (Å²) in [5.74, 6) is 2.22. The standard InChI is InChI=1S/C22H23ClN4O3/c1-29-19-5-7-20(8-6-19)30-16-21(28)25-11-13-26(14-12-25)22-24-9-10-27(22)18-4-2-3-17(23)15-18/h2-10,15H,11-14,16H2,1H3. The lowest BCUT2D eigenvalue weighted by Crippen LogP contribution is -2.50. The van der Waals surface area contributed by atoms with Gasteiger partial charge in [-0.2, -0.15) is 0 Å². The molecule has 1 fully saturated rings. The van der Waals surface area contributed by atoms with Crippen molar-refractivity contribution < 1.29 is 14.3 Å². The molecule has 1 saturated heterocycles. The Labute approximate surface area is 180 Å². The molecular weight excluding hydrogens is 404 g/mol. The molecule has 2 aromatic carbocycles. The molecule has 1 aliphatic rings. The van der Waals surface area contributed by atoms with E-state index >= 15 is 0 Å². The molecule has 1 aromatic heterocycles. The van der Waals surface area contributed by atoms with Crippen LogP contribution >= 0.6 is 11.6 Å². The quantitative estimate of drug-likeness (QED) is 0.605. The number of ether oxygens (including phenoxy) is 2. The monoisotopic (exact) mass is 426 g/mol. The van der Waals surface area contributed by atoms with Crippen LogP contribution in [0.4, 0.5) is 5.95 Å². The first-order chi connectivity index (χ1) is 14.6. The number of aromatic nitrogens is 2. The molecule has 0 bridgehead atoms. The molecule has 0 N–H and O–H groups in total. The third kappa shape index (κ3) is 4.52. The predicted molar refractivity (Wildman–Crippen MR) is 116 cm³/mol. The molecule has 0 atom stereocenters. The molecule has 0 unspecified atom stereocenters. The third-order valence-electron chi connectivity index (χ3n) is 5.04. The van der Waals surface area contributed by atoms with Crippen LogP contribution in [0.5, 0.6) is 11.5 Å². The largest absolute Gasteiger partial charge is 0.497 e. The highest BCUT2D eigenvalue weighted by Gasteiger charge is 2.24. The second kappa shape index (κ2) is 9.09. The number of nitrogens with zero attached hydrogens (tertiary/aromatic N) is 4. The number of methoxy groups -OCH3 is 1. The Morgan fingerprint density at radius 2 is 1.80 bits per heavy atom. The van der Waals surface area contributed by atoms with Crippen molar-refractivity contribution in [2.24, 2.45) is 0 Å². The normalized spacial score (nSPS) is 13.9. The smallest absolute Gasteiger partial charge is 0.260 e. The summed E-state index contributed by atoms with van der Waals surface area (Å²) < 4.78 is 12.8. The van der Waals surface area contributed by atoms with Crippen LogP contribution in [0, 0.1) is 0 Å². The van der Waals surface area contributed by atoms with Gasteiger partial charge in [-0.15, -0.1) is 0 Å². The van der Waals surface area contributed by atoms with E-state index in [1.54, 1.807) is 37.6 Å². The van der Waals surface area contributed by atoms with Gasteiger partial charge in [0.15, 0.2) is 6.61 Å². The number of carbonyl (C=O) groups excluding carboxylic acids is 1. The minimum Gasteiger partial charge on any atom is -0.497 e. The molecule has 1 amide bonds. The van der Waals surface area contributed by atoms with Crippen LogP contribution < -0.4 is 14.4 Å². The molecule has 30 heavy (non-hydrogen) atoms. The summed E-state index contributed by atoms with van der Waals surface area (Å²) in [6, 6.07) is 14.9. The van der Waals surface area contributed by atoms with Crippen LogP contribution in [-0.2, 0) is 4.79 Å². The summed E-state index contributed by atoms with van der Waals surface area (Å²) in [5, 5.41) is 0.680. The average Bonchev–Trinajstić information content (AvgIpc) is 3.28. The van der Waals surface area contributed by atoms with Gasteiger partial charge in [0.1, 0.15) is 11.5 Å². The summed E-state index contributed by atoms with van der Waals surface area (Å²) in [5.41, 5.74) is 0.960. The highest BCUT2D eigenvalue weighted by Crippen LogP contribution is 2.22. The van der Waals surface area contributed by atoms with Gasteiger partial charge in [0.25, 0.3) is 5.91 Å². The van der Waals surface area contributed by atoms with Crippen molar-refractivity contribution in [2.75, 3.05) is 44.8 Å². The second-order valence-corrected chi connectivity index (χ2v) is 7.35. The molecule has 1 aliphatic heterocycles. The summed E-state index contributed by atoms with van der Waals surface area (Å²) in [6.07, 6.45) is 3.69. The number of hydrogen-bond acceptors (Lipinski definition) is 5. The first-order valence-electron chi connectivity index (χ1n) is 9.73. The van der Waals surface area contributed by atoms with Gasteiger partial charge in [-0.05, 0) is 42.5 Å². The Hall–Kier alpha value is -3.19. The Balaban J connectivity index is 1.33. The van der Waals surface area contributed by atoms with Crippen LogP contribution in [-0.4, -0.2) is 60.3 Å². The van der Waals surface area contributed by atoms with Crippen molar-refractivity contribution in [2.45, 2.75) is 0 Å². The number of benzene rings is 2. The SMILES string of the molecule is COc1ccc(OCC(=O)N2CCN(c3nccn3-c3cccc(Cl)c3)CC2)cc1. The Kier molecular flexibility index (Phi) is 6.09. The molecule has 7 nitrogen and oxygen atoms in total. The molecular formula is C22H23ClN4O3. The Morgan fingerprint density at radius 3 is 2.50 bits per heavy atom. The molecule has 0 spiro atoms. The summed E-state index contributed by atoms with van der Waals surface area (Å²) in [6.45, 7) is 2.65. The van der Waals surface area contributed by atoms with E-state index in [1.165, 1.54) is 0 Å². The maximum atomic E-state index is 12.5. The molecule has 4 rings (SSSR count). The number of carbonyl (C=O) groups is 1. The van der Waals surface area contributed by atoms with Crippen LogP contribution in [0.15, 0.2) is 60.9 Å². The van der Waals surface area contributed by atoms with E-state index in [0.29, 0.717) is 37.0 Å². The van der Waals surface area contributed by atoms with Crippen molar-refractivity contribution in [1.29, 1.82) is 0 Å². The zero-order valence-electron chi connectivity index (χ0n) is 16.7. The lowest BCUT2D eigenvalue weighted by molar-refractivity contribution is -0.133. The highest BCUT2D eigenvalue weighted by molar-refractivity contribution is 6.30.